The summed E-state index contributed by atoms with van der Waals surface area (Å²) in [6.45, 7) is 1.90. The molecule has 0 unspecified atom stereocenters. The van der Waals surface area contributed by atoms with Crippen molar-refractivity contribution in [3.8, 4) is 0 Å². The van der Waals surface area contributed by atoms with Crippen LogP contribution < -0.4 is 0 Å². The first kappa shape index (κ1) is 26.8. The number of hydrogen-bond donors (Lipinski definition) is 1. The fourth-order valence-electron chi connectivity index (χ4n) is 5.91. The molecule has 198 valence electrons. The zero-order valence-electron chi connectivity index (χ0n) is 20.9. The number of piperidine rings is 1. The predicted molar refractivity (Wildman–Crippen MR) is 150 cm³/mol. The lowest BCUT2D eigenvalue weighted by Crippen LogP contribution is -2.59. The molecule has 1 N–H and O–H groups in total. The Balaban J connectivity index is 1.66. The van der Waals surface area contributed by atoms with Crippen molar-refractivity contribution in [1.82, 2.24) is 4.90 Å². The van der Waals surface area contributed by atoms with Crippen molar-refractivity contribution < 1.29 is 18.3 Å². The summed E-state index contributed by atoms with van der Waals surface area (Å²) in [6.07, 6.45) is 2.78. The Morgan fingerprint density at radius 1 is 0.974 bits per heavy atom. The van der Waals surface area contributed by atoms with Crippen molar-refractivity contribution in [3.05, 3.63) is 112 Å². The topological polar surface area (TPSA) is 74.7 Å². The summed E-state index contributed by atoms with van der Waals surface area (Å²) in [5.74, 6) is -0.385. The lowest BCUT2D eigenvalue weighted by atomic mass is 9.61. The van der Waals surface area contributed by atoms with E-state index in [9.17, 15) is 18.3 Å². The van der Waals surface area contributed by atoms with Gasteiger partial charge in [0, 0.05) is 28.4 Å². The number of allylic oxidation sites excluding steroid dienone is 1. The molecule has 5 rings (SSSR count). The van der Waals surface area contributed by atoms with Crippen molar-refractivity contribution in [1.29, 1.82) is 0 Å². The van der Waals surface area contributed by atoms with Gasteiger partial charge in [0.25, 0.3) is 0 Å². The highest BCUT2D eigenvalue weighted by Crippen LogP contribution is 2.56. The minimum Gasteiger partial charge on any atom is -0.513 e. The minimum atomic E-state index is -3.68. The number of amides is 1. The number of aliphatic hydroxyl groups is 1. The molecule has 0 radical (unpaired) electrons. The molecule has 4 atom stereocenters. The SMILES string of the molecule is CC[C@@H](CS(=O)(=O)c1ccccc1)N1C(=O)[C@]2(C=C(O)C2)C[C@H](c2cccc(Cl)c2)[C@H]1c1ccc(Cl)cc1. The molecule has 1 fully saturated rings. The van der Waals surface area contributed by atoms with Crippen LogP contribution in [0.2, 0.25) is 10.0 Å². The summed E-state index contributed by atoms with van der Waals surface area (Å²) in [5.41, 5.74) is 0.921. The Morgan fingerprint density at radius 3 is 2.26 bits per heavy atom. The van der Waals surface area contributed by atoms with Gasteiger partial charge in [0.2, 0.25) is 5.91 Å². The number of carbonyl (C=O) groups excluding carboxylic acids is 1. The molecular weight excluding hydrogens is 541 g/mol. The molecule has 2 aliphatic rings. The van der Waals surface area contributed by atoms with E-state index in [0.717, 1.165) is 11.1 Å². The number of rotatable bonds is 7. The number of nitrogens with zero attached hydrogens (tertiary/aromatic N) is 1. The van der Waals surface area contributed by atoms with Crippen molar-refractivity contribution in [2.45, 2.75) is 49.1 Å². The van der Waals surface area contributed by atoms with Crippen LogP contribution in [0.4, 0.5) is 0 Å². The van der Waals surface area contributed by atoms with Gasteiger partial charge in [0.05, 0.1) is 27.9 Å². The highest BCUT2D eigenvalue weighted by molar-refractivity contribution is 7.91. The van der Waals surface area contributed by atoms with E-state index in [1.54, 1.807) is 59.5 Å². The molecule has 1 heterocycles. The number of carbonyl (C=O) groups is 1. The number of halogens is 2. The molecule has 1 saturated heterocycles. The first-order chi connectivity index (χ1) is 18.1. The lowest BCUT2D eigenvalue weighted by Gasteiger charge is -2.54. The van der Waals surface area contributed by atoms with Gasteiger partial charge in [-0.25, -0.2) is 8.42 Å². The highest BCUT2D eigenvalue weighted by atomic mass is 35.5. The average Bonchev–Trinajstić information content (AvgIpc) is 2.89. The summed E-state index contributed by atoms with van der Waals surface area (Å²) in [4.78, 5) is 16.3. The Morgan fingerprint density at radius 2 is 1.66 bits per heavy atom. The fourth-order valence-corrected chi connectivity index (χ4v) is 7.90. The Labute approximate surface area is 233 Å². The molecule has 1 spiro atoms. The molecule has 0 bridgehead atoms. The highest BCUT2D eigenvalue weighted by Gasteiger charge is 2.56. The van der Waals surface area contributed by atoms with E-state index in [-0.39, 0.29) is 34.7 Å². The van der Waals surface area contributed by atoms with E-state index in [0.29, 0.717) is 22.9 Å². The van der Waals surface area contributed by atoms with Crippen LogP contribution in [0.3, 0.4) is 0 Å². The van der Waals surface area contributed by atoms with E-state index in [2.05, 4.69) is 0 Å². The third-order valence-corrected chi connectivity index (χ3v) is 10.0. The maximum absolute atomic E-state index is 14.3. The van der Waals surface area contributed by atoms with Gasteiger partial charge in [-0.05, 0) is 66.4 Å². The van der Waals surface area contributed by atoms with E-state index in [4.69, 9.17) is 23.2 Å². The molecule has 3 aromatic rings. The molecule has 1 aliphatic carbocycles. The predicted octanol–water partition coefficient (Wildman–Crippen LogP) is 7.14. The Kier molecular flexibility index (Phi) is 7.33. The monoisotopic (exact) mass is 569 g/mol. The van der Waals surface area contributed by atoms with Crippen LogP contribution in [-0.2, 0) is 14.6 Å². The van der Waals surface area contributed by atoms with Crippen LogP contribution in [-0.4, -0.2) is 36.1 Å². The van der Waals surface area contributed by atoms with Crippen LogP contribution in [0.5, 0.6) is 0 Å². The van der Waals surface area contributed by atoms with Crippen molar-refractivity contribution in [2.75, 3.05) is 5.75 Å². The van der Waals surface area contributed by atoms with E-state index in [1.807, 2.05) is 37.3 Å². The molecule has 38 heavy (non-hydrogen) atoms. The van der Waals surface area contributed by atoms with Crippen LogP contribution in [0.15, 0.2) is 95.6 Å². The minimum absolute atomic E-state index is 0.163. The van der Waals surface area contributed by atoms with Crippen molar-refractivity contribution in [2.24, 2.45) is 5.41 Å². The van der Waals surface area contributed by atoms with Gasteiger partial charge in [-0.3, -0.25) is 4.79 Å². The van der Waals surface area contributed by atoms with E-state index >= 15 is 0 Å². The molecule has 5 nitrogen and oxygen atoms in total. The molecule has 8 heteroatoms. The molecule has 1 aliphatic heterocycles. The van der Waals surface area contributed by atoms with Gasteiger partial charge in [-0.15, -0.1) is 0 Å². The molecule has 0 aromatic heterocycles. The zero-order chi connectivity index (χ0) is 27.1. The second-order valence-electron chi connectivity index (χ2n) is 10.2. The third-order valence-electron chi connectivity index (χ3n) is 7.73. The quantitative estimate of drug-likeness (QED) is 0.328. The number of hydrogen-bond acceptors (Lipinski definition) is 4. The largest absolute Gasteiger partial charge is 0.513 e. The standard InChI is InChI=1S/C30H29Cl2NO4S/c1-2-24(19-38(36,37)26-9-4-3-5-10-26)33-28(20-11-13-22(31)14-12-20)27(21-7-6-8-23(32)15-21)18-30(29(33)35)16-25(34)17-30/h3-16,24,27-28,34H,2,17-19H2,1H3/t24-,27+,28+,30-/m0/s1. The van der Waals surface area contributed by atoms with Gasteiger partial charge >= 0.3 is 0 Å². The molecular formula is C30H29Cl2NO4S. The normalized spacial score (nSPS) is 24.1. The van der Waals surface area contributed by atoms with E-state index < -0.39 is 27.3 Å². The number of aliphatic hydroxyl groups excluding tert-OH is 1. The number of sulfone groups is 1. The Bertz CT molecular complexity index is 1470. The van der Waals surface area contributed by atoms with Gasteiger partial charge in [0.15, 0.2) is 9.84 Å². The second kappa shape index (κ2) is 10.4. The number of likely N-dealkylation sites (tertiary alicyclic amines) is 1. The van der Waals surface area contributed by atoms with E-state index in [1.165, 1.54) is 0 Å². The van der Waals surface area contributed by atoms with Gasteiger partial charge in [0.1, 0.15) is 0 Å². The molecule has 0 saturated carbocycles. The first-order valence-corrected chi connectivity index (χ1v) is 15.1. The first-order valence-electron chi connectivity index (χ1n) is 12.7. The zero-order valence-corrected chi connectivity index (χ0v) is 23.3. The maximum atomic E-state index is 14.3. The summed E-state index contributed by atoms with van der Waals surface area (Å²) in [5, 5.41) is 11.3. The summed E-state index contributed by atoms with van der Waals surface area (Å²) in [7, 11) is -3.68. The lowest BCUT2D eigenvalue weighted by molar-refractivity contribution is -0.154. The van der Waals surface area contributed by atoms with Crippen LogP contribution >= 0.6 is 23.2 Å². The molecule has 1 amide bonds. The van der Waals surface area contributed by atoms with Crippen LogP contribution in [0, 0.1) is 5.41 Å². The van der Waals surface area contributed by atoms with Gasteiger partial charge in [-0.2, -0.15) is 0 Å². The van der Waals surface area contributed by atoms with Crippen molar-refractivity contribution >= 4 is 38.9 Å². The molecule has 3 aromatic carbocycles. The van der Waals surface area contributed by atoms with Crippen LogP contribution in [0.1, 0.15) is 49.3 Å². The second-order valence-corrected chi connectivity index (χ2v) is 13.1. The summed E-state index contributed by atoms with van der Waals surface area (Å²) >= 11 is 12.6. The Hall–Kier alpha value is -2.80. The van der Waals surface area contributed by atoms with Crippen molar-refractivity contribution in [3.63, 3.8) is 0 Å². The smallest absolute Gasteiger partial charge is 0.234 e. The fraction of sp³-hybridized carbons (Fsp3) is 0.300. The number of benzene rings is 3. The third kappa shape index (κ3) is 4.97. The van der Waals surface area contributed by atoms with Gasteiger partial charge in [-0.1, -0.05) is 72.6 Å². The summed E-state index contributed by atoms with van der Waals surface area (Å²) < 4.78 is 27.0. The van der Waals surface area contributed by atoms with Crippen LogP contribution in [0.25, 0.3) is 0 Å². The maximum Gasteiger partial charge on any atom is 0.234 e. The van der Waals surface area contributed by atoms with Gasteiger partial charge < -0.3 is 10.0 Å². The average molecular weight is 571 g/mol. The summed E-state index contributed by atoms with van der Waals surface area (Å²) in [6, 6.07) is 22.2.